The number of hydrogen-bond acceptors (Lipinski definition) is 4. The number of aryl methyl sites for hydroxylation is 2. The molecule has 1 atom stereocenters. The number of nitrogens with zero attached hydrogens (tertiary/aromatic N) is 2. The van der Waals surface area contributed by atoms with Gasteiger partial charge in [0.1, 0.15) is 6.04 Å². The number of anilines is 1. The van der Waals surface area contributed by atoms with E-state index in [1.807, 2.05) is 57.2 Å². The van der Waals surface area contributed by atoms with Crippen molar-refractivity contribution in [3.05, 3.63) is 65.2 Å². The highest BCUT2D eigenvalue weighted by Crippen LogP contribution is 2.23. The fraction of sp³-hybridized carbons (Fsp3) is 0.440. The average Bonchev–Trinajstić information content (AvgIpc) is 2.77. The predicted molar refractivity (Wildman–Crippen MR) is 132 cm³/mol. The number of para-hydroxylation sites is 1. The fourth-order valence-corrected chi connectivity index (χ4v) is 4.82. The van der Waals surface area contributed by atoms with Gasteiger partial charge in [-0.1, -0.05) is 55.0 Å². The first-order valence-electron chi connectivity index (χ1n) is 11.2. The SMILES string of the molecule is CC[C@H](C(=O)NC)N(Cc1ccc(C)cc1)C(=O)CCCN(c1ccccc1C)S(C)(=O)=O. The third-order valence-corrected chi connectivity index (χ3v) is 6.82. The van der Waals surface area contributed by atoms with Crippen LogP contribution in [0.1, 0.15) is 42.9 Å². The maximum Gasteiger partial charge on any atom is 0.242 e. The molecule has 0 spiro atoms. The van der Waals surface area contributed by atoms with Crippen LogP contribution in [0.15, 0.2) is 48.5 Å². The van der Waals surface area contributed by atoms with Gasteiger partial charge in [0.05, 0.1) is 11.9 Å². The lowest BCUT2D eigenvalue weighted by Crippen LogP contribution is -2.48. The van der Waals surface area contributed by atoms with Crippen molar-refractivity contribution in [3.8, 4) is 0 Å². The third kappa shape index (κ3) is 7.32. The van der Waals surface area contributed by atoms with Crippen molar-refractivity contribution in [1.29, 1.82) is 0 Å². The summed E-state index contributed by atoms with van der Waals surface area (Å²) in [4.78, 5) is 27.3. The summed E-state index contributed by atoms with van der Waals surface area (Å²) in [6, 6.07) is 14.5. The topological polar surface area (TPSA) is 86.8 Å². The van der Waals surface area contributed by atoms with E-state index in [2.05, 4.69) is 5.32 Å². The quantitative estimate of drug-likeness (QED) is 0.542. The van der Waals surface area contributed by atoms with Gasteiger partial charge in [-0.15, -0.1) is 0 Å². The number of amides is 2. The van der Waals surface area contributed by atoms with Crippen molar-refractivity contribution >= 4 is 27.5 Å². The van der Waals surface area contributed by atoms with Gasteiger partial charge in [-0.05, 0) is 43.9 Å². The highest BCUT2D eigenvalue weighted by atomic mass is 32.2. The van der Waals surface area contributed by atoms with Crippen molar-refractivity contribution < 1.29 is 18.0 Å². The molecule has 0 unspecified atom stereocenters. The zero-order chi connectivity index (χ0) is 24.6. The molecule has 0 aliphatic heterocycles. The van der Waals surface area contributed by atoms with Crippen molar-refractivity contribution in [2.45, 2.75) is 52.6 Å². The molecule has 0 bridgehead atoms. The van der Waals surface area contributed by atoms with Gasteiger partial charge in [-0.3, -0.25) is 13.9 Å². The summed E-state index contributed by atoms with van der Waals surface area (Å²) in [7, 11) is -1.94. The smallest absolute Gasteiger partial charge is 0.242 e. The van der Waals surface area contributed by atoms with Gasteiger partial charge in [0.15, 0.2) is 0 Å². The number of benzene rings is 2. The van der Waals surface area contributed by atoms with Crippen LogP contribution in [0.2, 0.25) is 0 Å². The zero-order valence-corrected chi connectivity index (χ0v) is 21.0. The summed E-state index contributed by atoms with van der Waals surface area (Å²) >= 11 is 0. The molecule has 0 saturated carbocycles. The Morgan fingerprint density at radius 3 is 2.21 bits per heavy atom. The van der Waals surface area contributed by atoms with E-state index in [1.54, 1.807) is 24.1 Å². The standard InChI is InChI=1S/C25H35N3O4S/c1-6-22(25(30)26-4)27(18-21-15-13-19(2)14-16-21)24(29)12-9-17-28(33(5,31)32)23-11-8-7-10-20(23)3/h7-8,10-11,13-16,22H,6,9,12,17-18H2,1-5H3,(H,26,30)/t22-/m1/s1. The minimum absolute atomic E-state index is 0.136. The summed E-state index contributed by atoms with van der Waals surface area (Å²) in [5.41, 5.74) is 3.52. The van der Waals surface area contributed by atoms with Crippen LogP contribution < -0.4 is 9.62 Å². The molecule has 0 aromatic heterocycles. The van der Waals surface area contributed by atoms with Crippen LogP contribution in [0.4, 0.5) is 5.69 Å². The molecule has 0 aliphatic rings. The minimum atomic E-state index is -3.51. The summed E-state index contributed by atoms with van der Waals surface area (Å²) < 4.78 is 26.2. The van der Waals surface area contributed by atoms with Crippen LogP contribution in [-0.4, -0.2) is 51.0 Å². The molecule has 0 saturated heterocycles. The van der Waals surface area contributed by atoms with Gasteiger partial charge in [-0.2, -0.15) is 0 Å². The summed E-state index contributed by atoms with van der Waals surface area (Å²) in [5.74, 6) is -0.389. The second-order valence-corrected chi connectivity index (χ2v) is 10.2. The van der Waals surface area contributed by atoms with E-state index < -0.39 is 16.1 Å². The first-order chi connectivity index (χ1) is 15.6. The molecular weight excluding hydrogens is 438 g/mol. The second kappa shape index (κ2) is 11.8. The van der Waals surface area contributed by atoms with E-state index in [0.29, 0.717) is 25.1 Å². The molecule has 7 nitrogen and oxygen atoms in total. The predicted octanol–water partition coefficient (Wildman–Crippen LogP) is 3.40. The second-order valence-electron chi connectivity index (χ2n) is 8.27. The molecule has 0 fully saturated rings. The van der Waals surface area contributed by atoms with Gasteiger partial charge in [0.2, 0.25) is 21.8 Å². The lowest BCUT2D eigenvalue weighted by molar-refractivity contribution is -0.141. The Kier molecular flexibility index (Phi) is 9.46. The Labute approximate surface area is 197 Å². The third-order valence-electron chi connectivity index (χ3n) is 5.64. The average molecular weight is 474 g/mol. The van der Waals surface area contributed by atoms with Crippen LogP contribution in [0.25, 0.3) is 0 Å². The molecule has 2 amide bonds. The molecule has 33 heavy (non-hydrogen) atoms. The molecule has 2 aromatic carbocycles. The van der Waals surface area contributed by atoms with Crippen LogP contribution in [0.3, 0.4) is 0 Å². The Hall–Kier alpha value is -2.87. The van der Waals surface area contributed by atoms with E-state index in [1.165, 1.54) is 10.6 Å². The fourth-order valence-electron chi connectivity index (χ4n) is 3.80. The van der Waals surface area contributed by atoms with E-state index in [4.69, 9.17) is 0 Å². The summed E-state index contributed by atoms with van der Waals surface area (Å²) in [6.07, 6.45) is 2.13. The van der Waals surface area contributed by atoms with Gasteiger partial charge >= 0.3 is 0 Å². The summed E-state index contributed by atoms with van der Waals surface area (Å²) in [6.45, 7) is 6.23. The van der Waals surface area contributed by atoms with Gasteiger partial charge in [-0.25, -0.2) is 8.42 Å². The molecule has 180 valence electrons. The van der Waals surface area contributed by atoms with Crippen LogP contribution in [-0.2, 0) is 26.2 Å². The van der Waals surface area contributed by atoms with Crippen LogP contribution >= 0.6 is 0 Å². The number of rotatable bonds is 11. The first-order valence-corrected chi connectivity index (χ1v) is 13.0. The lowest BCUT2D eigenvalue weighted by atomic mass is 10.1. The van der Waals surface area contributed by atoms with Gasteiger partial charge < -0.3 is 10.2 Å². The lowest BCUT2D eigenvalue weighted by Gasteiger charge is -2.31. The Bertz CT molecular complexity index is 1050. The van der Waals surface area contributed by atoms with Gasteiger partial charge in [0, 0.05) is 26.6 Å². The van der Waals surface area contributed by atoms with E-state index >= 15 is 0 Å². The first kappa shape index (κ1) is 26.4. The number of nitrogens with one attached hydrogen (secondary N) is 1. The van der Waals surface area contributed by atoms with Crippen LogP contribution in [0, 0.1) is 13.8 Å². The number of carbonyl (C=O) groups is 2. The molecule has 2 aromatic rings. The largest absolute Gasteiger partial charge is 0.357 e. The Balaban J connectivity index is 2.19. The molecule has 1 N–H and O–H groups in total. The summed E-state index contributed by atoms with van der Waals surface area (Å²) in [5, 5.41) is 2.65. The molecule has 0 radical (unpaired) electrons. The van der Waals surface area contributed by atoms with E-state index in [-0.39, 0.29) is 24.8 Å². The number of hydrogen-bond donors (Lipinski definition) is 1. The normalized spacial score (nSPS) is 12.2. The maximum absolute atomic E-state index is 13.2. The van der Waals surface area contributed by atoms with Gasteiger partial charge in [0.25, 0.3) is 0 Å². The van der Waals surface area contributed by atoms with Crippen molar-refractivity contribution in [3.63, 3.8) is 0 Å². The molecular formula is C25H35N3O4S. The number of likely N-dealkylation sites (N-methyl/N-ethyl adjacent to an activating group) is 1. The van der Waals surface area contributed by atoms with Crippen molar-refractivity contribution in [2.75, 3.05) is 24.2 Å². The zero-order valence-electron chi connectivity index (χ0n) is 20.2. The minimum Gasteiger partial charge on any atom is -0.357 e. The van der Waals surface area contributed by atoms with E-state index in [9.17, 15) is 18.0 Å². The number of carbonyl (C=O) groups excluding carboxylic acids is 2. The molecule has 8 heteroatoms. The monoisotopic (exact) mass is 473 g/mol. The highest BCUT2D eigenvalue weighted by molar-refractivity contribution is 7.92. The molecule has 0 aliphatic carbocycles. The molecule has 0 heterocycles. The molecule has 2 rings (SSSR count). The van der Waals surface area contributed by atoms with Crippen molar-refractivity contribution in [1.82, 2.24) is 10.2 Å². The highest BCUT2D eigenvalue weighted by Gasteiger charge is 2.28. The van der Waals surface area contributed by atoms with Crippen LogP contribution in [0.5, 0.6) is 0 Å². The maximum atomic E-state index is 13.2. The van der Waals surface area contributed by atoms with Crippen molar-refractivity contribution in [2.24, 2.45) is 0 Å². The Morgan fingerprint density at radius 2 is 1.67 bits per heavy atom. The number of sulfonamides is 1. The van der Waals surface area contributed by atoms with E-state index in [0.717, 1.165) is 16.7 Å². The Morgan fingerprint density at radius 1 is 1.03 bits per heavy atom.